The molecule has 18 heavy (non-hydrogen) atoms. The summed E-state index contributed by atoms with van der Waals surface area (Å²) < 4.78 is 0. The van der Waals surface area contributed by atoms with Crippen LogP contribution in [0.15, 0.2) is 18.2 Å². The van der Waals surface area contributed by atoms with Crippen LogP contribution in [0.1, 0.15) is 30.9 Å². The normalized spacial score (nSPS) is 21.2. The van der Waals surface area contributed by atoms with Crippen LogP contribution >= 0.6 is 11.6 Å². The van der Waals surface area contributed by atoms with Crippen molar-refractivity contribution in [1.82, 2.24) is 10.2 Å². The van der Waals surface area contributed by atoms with E-state index < -0.39 is 0 Å². The lowest BCUT2D eigenvalue weighted by Crippen LogP contribution is -2.50. The third-order valence-electron chi connectivity index (χ3n) is 3.68. The highest BCUT2D eigenvalue weighted by molar-refractivity contribution is 6.31. The van der Waals surface area contributed by atoms with Crippen LogP contribution in [0.2, 0.25) is 5.02 Å². The summed E-state index contributed by atoms with van der Waals surface area (Å²) >= 11 is 6.33. The van der Waals surface area contributed by atoms with Gasteiger partial charge in [0.25, 0.3) is 0 Å². The second kappa shape index (κ2) is 6.55. The van der Waals surface area contributed by atoms with Crippen molar-refractivity contribution in [2.75, 3.05) is 19.6 Å². The number of benzene rings is 1. The number of aryl methyl sites for hydroxylation is 1. The molecule has 0 aromatic heterocycles. The second-order valence-corrected chi connectivity index (χ2v) is 5.62. The van der Waals surface area contributed by atoms with Crippen LogP contribution in [0, 0.1) is 6.92 Å². The highest BCUT2D eigenvalue weighted by Crippen LogP contribution is 2.21. The predicted octanol–water partition coefficient (Wildman–Crippen LogP) is 3.22. The average molecular weight is 267 g/mol. The van der Waals surface area contributed by atoms with Gasteiger partial charge in [-0.1, -0.05) is 37.1 Å². The summed E-state index contributed by atoms with van der Waals surface area (Å²) in [6.07, 6.45) is 2.50. The van der Waals surface area contributed by atoms with Gasteiger partial charge in [-0.25, -0.2) is 0 Å². The Bertz CT molecular complexity index is 390. The molecule has 2 rings (SSSR count). The molecule has 100 valence electrons. The Balaban J connectivity index is 2.06. The van der Waals surface area contributed by atoms with Crippen LogP contribution in [-0.4, -0.2) is 30.6 Å². The molecule has 1 aliphatic rings. The molecule has 2 nitrogen and oxygen atoms in total. The molecule has 1 aromatic carbocycles. The minimum Gasteiger partial charge on any atom is -0.314 e. The number of hydrogen-bond acceptors (Lipinski definition) is 2. The van der Waals surface area contributed by atoms with Crippen LogP contribution in [0.5, 0.6) is 0 Å². The van der Waals surface area contributed by atoms with Crippen molar-refractivity contribution in [3.8, 4) is 0 Å². The summed E-state index contributed by atoms with van der Waals surface area (Å²) in [6.45, 7) is 8.63. The van der Waals surface area contributed by atoms with E-state index in [1.165, 1.54) is 24.0 Å². The molecule has 0 saturated carbocycles. The Labute approximate surface area is 115 Å². The van der Waals surface area contributed by atoms with Gasteiger partial charge < -0.3 is 5.32 Å². The van der Waals surface area contributed by atoms with E-state index in [1.54, 1.807) is 0 Å². The van der Waals surface area contributed by atoms with Crippen molar-refractivity contribution >= 4 is 11.6 Å². The number of halogens is 1. The number of hydrogen-bond donors (Lipinski definition) is 1. The van der Waals surface area contributed by atoms with Gasteiger partial charge in [-0.3, -0.25) is 4.90 Å². The zero-order valence-electron chi connectivity index (χ0n) is 11.4. The molecule has 1 saturated heterocycles. The van der Waals surface area contributed by atoms with E-state index in [0.29, 0.717) is 6.04 Å². The molecule has 1 unspecified atom stereocenters. The lowest BCUT2D eigenvalue weighted by atomic mass is 10.1. The van der Waals surface area contributed by atoms with Gasteiger partial charge in [0.2, 0.25) is 0 Å². The molecule has 1 atom stereocenters. The highest BCUT2D eigenvalue weighted by atomic mass is 35.5. The van der Waals surface area contributed by atoms with E-state index in [1.807, 2.05) is 0 Å². The van der Waals surface area contributed by atoms with E-state index in [4.69, 9.17) is 11.6 Å². The maximum atomic E-state index is 6.33. The summed E-state index contributed by atoms with van der Waals surface area (Å²) in [7, 11) is 0. The van der Waals surface area contributed by atoms with Crippen molar-refractivity contribution in [1.29, 1.82) is 0 Å². The Kier molecular flexibility index (Phi) is 5.04. The van der Waals surface area contributed by atoms with Crippen molar-refractivity contribution in [3.63, 3.8) is 0 Å². The third-order valence-corrected chi connectivity index (χ3v) is 4.03. The monoisotopic (exact) mass is 266 g/mol. The summed E-state index contributed by atoms with van der Waals surface area (Å²) in [4.78, 5) is 2.57. The van der Waals surface area contributed by atoms with E-state index in [2.05, 4.69) is 42.3 Å². The molecule has 0 spiro atoms. The van der Waals surface area contributed by atoms with Gasteiger partial charge in [0.1, 0.15) is 0 Å². The van der Waals surface area contributed by atoms with Gasteiger partial charge in [0.15, 0.2) is 0 Å². The summed E-state index contributed by atoms with van der Waals surface area (Å²) in [5, 5.41) is 4.39. The van der Waals surface area contributed by atoms with Crippen molar-refractivity contribution in [2.24, 2.45) is 0 Å². The fourth-order valence-electron chi connectivity index (χ4n) is 2.63. The van der Waals surface area contributed by atoms with E-state index in [9.17, 15) is 0 Å². The molecule has 1 fully saturated rings. The molecule has 0 bridgehead atoms. The first-order chi connectivity index (χ1) is 8.70. The fourth-order valence-corrected chi connectivity index (χ4v) is 2.92. The number of rotatable bonds is 4. The minimum atomic E-state index is 0.654. The molecule has 0 radical (unpaired) electrons. The Hall–Kier alpha value is -0.570. The van der Waals surface area contributed by atoms with Crippen LogP contribution < -0.4 is 5.32 Å². The fraction of sp³-hybridized carbons (Fsp3) is 0.600. The molecule has 0 amide bonds. The molecular weight excluding hydrogens is 244 g/mol. The average Bonchev–Trinajstić information content (AvgIpc) is 2.35. The summed E-state index contributed by atoms with van der Waals surface area (Å²) in [5.41, 5.74) is 2.49. The molecule has 1 heterocycles. The summed E-state index contributed by atoms with van der Waals surface area (Å²) in [5.74, 6) is 0. The first kappa shape index (κ1) is 13.9. The van der Waals surface area contributed by atoms with Gasteiger partial charge in [-0.05, 0) is 30.5 Å². The van der Waals surface area contributed by atoms with E-state index >= 15 is 0 Å². The zero-order chi connectivity index (χ0) is 13.0. The van der Waals surface area contributed by atoms with Crippen LogP contribution in [-0.2, 0) is 6.54 Å². The van der Waals surface area contributed by atoms with Gasteiger partial charge >= 0.3 is 0 Å². The molecule has 1 aromatic rings. The Morgan fingerprint density at radius 2 is 2.28 bits per heavy atom. The molecule has 1 N–H and O–H groups in total. The van der Waals surface area contributed by atoms with Gasteiger partial charge in [0.05, 0.1) is 0 Å². The number of nitrogens with one attached hydrogen (secondary N) is 1. The van der Waals surface area contributed by atoms with Crippen molar-refractivity contribution < 1.29 is 0 Å². The first-order valence-corrected chi connectivity index (χ1v) is 7.28. The number of nitrogens with zero attached hydrogens (tertiary/aromatic N) is 1. The quantitative estimate of drug-likeness (QED) is 0.900. The van der Waals surface area contributed by atoms with Crippen molar-refractivity contribution in [3.05, 3.63) is 34.3 Å². The smallest absolute Gasteiger partial charge is 0.0453 e. The van der Waals surface area contributed by atoms with Gasteiger partial charge in [-0.2, -0.15) is 0 Å². The Morgan fingerprint density at radius 3 is 3.00 bits per heavy atom. The Morgan fingerprint density at radius 1 is 1.44 bits per heavy atom. The molecule has 3 heteroatoms. The molecule has 0 aliphatic carbocycles. The second-order valence-electron chi connectivity index (χ2n) is 5.21. The lowest BCUT2D eigenvalue weighted by Gasteiger charge is -2.36. The maximum absolute atomic E-state index is 6.33. The molecular formula is C15H23ClN2. The number of piperazine rings is 1. The largest absolute Gasteiger partial charge is 0.314 e. The SMILES string of the molecule is CCCC1CNCCN1Cc1ccc(C)cc1Cl. The zero-order valence-corrected chi connectivity index (χ0v) is 12.1. The highest BCUT2D eigenvalue weighted by Gasteiger charge is 2.21. The minimum absolute atomic E-state index is 0.654. The van der Waals surface area contributed by atoms with Gasteiger partial charge in [-0.15, -0.1) is 0 Å². The lowest BCUT2D eigenvalue weighted by molar-refractivity contribution is 0.144. The van der Waals surface area contributed by atoms with Crippen LogP contribution in [0.25, 0.3) is 0 Å². The summed E-state index contributed by atoms with van der Waals surface area (Å²) in [6, 6.07) is 7.04. The van der Waals surface area contributed by atoms with Crippen molar-refractivity contribution in [2.45, 2.75) is 39.3 Å². The van der Waals surface area contributed by atoms with Gasteiger partial charge in [0, 0.05) is 37.2 Å². The van der Waals surface area contributed by atoms with E-state index in [0.717, 1.165) is 31.2 Å². The third kappa shape index (κ3) is 3.47. The predicted molar refractivity (Wildman–Crippen MR) is 78.2 cm³/mol. The van der Waals surface area contributed by atoms with Crippen LogP contribution in [0.3, 0.4) is 0 Å². The van der Waals surface area contributed by atoms with E-state index in [-0.39, 0.29) is 0 Å². The maximum Gasteiger partial charge on any atom is 0.0453 e. The standard InChI is InChI=1S/C15H23ClN2/c1-3-4-14-10-17-7-8-18(14)11-13-6-5-12(2)9-15(13)16/h5-6,9,14,17H,3-4,7-8,10-11H2,1-2H3. The topological polar surface area (TPSA) is 15.3 Å². The first-order valence-electron chi connectivity index (χ1n) is 6.90. The molecule has 1 aliphatic heterocycles. The van der Waals surface area contributed by atoms with Crippen LogP contribution in [0.4, 0.5) is 0 Å².